The lowest BCUT2D eigenvalue weighted by Crippen LogP contribution is -2.45. The van der Waals surface area contributed by atoms with Crippen LogP contribution in [0.4, 0.5) is 5.82 Å². The topological polar surface area (TPSA) is 169 Å². The molecule has 4 aliphatic rings. The highest BCUT2D eigenvalue weighted by atomic mass is 16.6. The SMILES string of the molecule is CCNC(=O)[C@]12CC1(O)C1(O)C[C@@]1(n1cnc3c(N)nc(C#CC4(O)CCCC4)nc31)O2. The van der Waals surface area contributed by atoms with Crippen LogP contribution >= 0.6 is 0 Å². The molecule has 0 radical (unpaired) electrons. The number of aliphatic hydroxyl groups is 3. The van der Waals surface area contributed by atoms with Gasteiger partial charge in [-0.25, -0.2) is 15.0 Å². The highest BCUT2D eigenvalue weighted by Crippen LogP contribution is 2.80. The molecule has 4 fully saturated rings. The number of nitrogens with one attached hydrogen (secondary N) is 1. The number of nitrogens with two attached hydrogens (primary N) is 1. The van der Waals surface area contributed by atoms with Crippen molar-refractivity contribution in [2.24, 2.45) is 0 Å². The normalized spacial score (nSPS) is 38.0. The van der Waals surface area contributed by atoms with E-state index < -0.39 is 34.0 Å². The summed E-state index contributed by atoms with van der Waals surface area (Å²) in [4.78, 5) is 25.5. The molecular formula is C21H24N6O5. The Hall–Kier alpha value is -2.78. The summed E-state index contributed by atoms with van der Waals surface area (Å²) in [6, 6.07) is 0. The van der Waals surface area contributed by atoms with E-state index in [1.54, 1.807) is 6.92 Å². The first-order valence-electron chi connectivity index (χ1n) is 10.8. The van der Waals surface area contributed by atoms with Crippen LogP contribution in [0, 0.1) is 11.8 Å². The number of rotatable bonds is 3. The summed E-state index contributed by atoms with van der Waals surface area (Å²) in [5.41, 5.74) is -0.677. The fraction of sp³-hybridized carbons (Fsp3) is 0.619. The maximum atomic E-state index is 12.6. The van der Waals surface area contributed by atoms with Gasteiger partial charge in [0.2, 0.25) is 5.82 Å². The summed E-state index contributed by atoms with van der Waals surface area (Å²) in [6.07, 6.45) is 4.52. The first-order valence-corrected chi connectivity index (χ1v) is 10.8. The highest BCUT2D eigenvalue weighted by molar-refractivity contribution is 5.93. The molecule has 1 aliphatic heterocycles. The molecule has 2 aromatic heterocycles. The third-order valence-electron chi connectivity index (χ3n) is 7.45. The first-order chi connectivity index (χ1) is 15.1. The standard InChI is InChI=1S/C21H24N6O5/c1-2-23-16(28)18-9-19(18,30)20(31)10-21(20,32-18)27-11-24-13-14(22)25-12(26-15(13)27)5-8-17(29)6-3-4-7-17/h11,29-31H,2-4,6-7,9-10H2,1H3,(H,23,28)(H2,22,25,26)/t18-,19?,20?,21-/m1/s1. The number of likely N-dealkylation sites (N-methyl/N-ethyl adjacent to an activating group) is 1. The minimum atomic E-state index is -1.69. The van der Waals surface area contributed by atoms with Crippen LogP contribution in [0.15, 0.2) is 6.33 Å². The lowest BCUT2D eigenvalue weighted by atomic mass is 10.0. The van der Waals surface area contributed by atoms with Gasteiger partial charge in [-0.15, -0.1) is 0 Å². The van der Waals surface area contributed by atoms with Gasteiger partial charge in [-0.3, -0.25) is 9.36 Å². The Morgan fingerprint density at radius 1 is 1.25 bits per heavy atom. The molecule has 0 aromatic carbocycles. The van der Waals surface area contributed by atoms with Gasteiger partial charge in [-0.05, 0) is 38.5 Å². The Kier molecular flexibility index (Phi) is 3.58. The average Bonchev–Trinajstić information content (AvgIpc) is 3.29. The van der Waals surface area contributed by atoms with Crippen molar-refractivity contribution in [3.05, 3.63) is 12.2 Å². The van der Waals surface area contributed by atoms with E-state index in [-0.39, 0.29) is 30.1 Å². The number of aromatic nitrogens is 4. The van der Waals surface area contributed by atoms with Gasteiger partial charge >= 0.3 is 0 Å². The summed E-state index contributed by atoms with van der Waals surface area (Å²) in [7, 11) is 0. The molecule has 168 valence electrons. The zero-order valence-electron chi connectivity index (χ0n) is 17.6. The predicted molar refractivity (Wildman–Crippen MR) is 110 cm³/mol. The molecule has 1 saturated heterocycles. The fourth-order valence-electron chi connectivity index (χ4n) is 5.55. The first kappa shape index (κ1) is 19.9. The second-order valence-electron chi connectivity index (χ2n) is 9.35. The number of hydrogen-bond donors (Lipinski definition) is 5. The van der Waals surface area contributed by atoms with Crippen LogP contribution in [-0.4, -0.2) is 69.7 Å². The Balaban J connectivity index is 1.42. The van der Waals surface area contributed by atoms with Crippen molar-refractivity contribution in [1.29, 1.82) is 0 Å². The number of anilines is 1. The van der Waals surface area contributed by atoms with Gasteiger partial charge in [0, 0.05) is 19.4 Å². The molecule has 1 amide bonds. The van der Waals surface area contributed by atoms with E-state index in [0.717, 1.165) is 12.8 Å². The lowest BCUT2D eigenvalue weighted by molar-refractivity contribution is -0.149. The lowest BCUT2D eigenvalue weighted by Gasteiger charge is -2.22. The highest BCUT2D eigenvalue weighted by Gasteiger charge is 3.00. The molecule has 6 rings (SSSR count). The zero-order valence-corrected chi connectivity index (χ0v) is 17.6. The van der Waals surface area contributed by atoms with Gasteiger partial charge < -0.3 is 31.1 Å². The van der Waals surface area contributed by atoms with E-state index in [1.165, 1.54) is 10.9 Å². The fourth-order valence-corrected chi connectivity index (χ4v) is 5.55. The van der Waals surface area contributed by atoms with Crippen molar-refractivity contribution < 1.29 is 24.9 Å². The van der Waals surface area contributed by atoms with Crippen LogP contribution < -0.4 is 11.1 Å². The molecule has 32 heavy (non-hydrogen) atoms. The van der Waals surface area contributed by atoms with E-state index in [1.807, 2.05) is 0 Å². The van der Waals surface area contributed by atoms with Gasteiger partial charge in [0.15, 0.2) is 22.8 Å². The largest absolute Gasteiger partial charge is 0.383 e. The van der Waals surface area contributed by atoms with Crippen LogP contribution in [0.5, 0.6) is 0 Å². The Bertz CT molecular complexity index is 1240. The zero-order chi connectivity index (χ0) is 22.6. The molecular weight excluding hydrogens is 416 g/mol. The molecule has 3 heterocycles. The number of nitrogens with zero attached hydrogens (tertiary/aromatic N) is 4. The summed E-state index contributed by atoms with van der Waals surface area (Å²) in [5, 5.41) is 35.5. The van der Waals surface area contributed by atoms with Crippen LogP contribution in [0.25, 0.3) is 11.2 Å². The number of ether oxygens (including phenoxy) is 1. The van der Waals surface area contributed by atoms with Crippen molar-refractivity contribution in [3.8, 4) is 11.8 Å². The number of amides is 1. The maximum Gasteiger partial charge on any atom is 0.255 e. The van der Waals surface area contributed by atoms with Crippen molar-refractivity contribution in [3.63, 3.8) is 0 Å². The number of carbonyl (C=O) groups is 1. The number of hydrogen-bond acceptors (Lipinski definition) is 9. The maximum absolute atomic E-state index is 12.6. The number of imidazole rings is 1. The van der Waals surface area contributed by atoms with Crippen molar-refractivity contribution in [2.45, 2.75) is 73.6 Å². The van der Waals surface area contributed by atoms with Crippen molar-refractivity contribution in [2.75, 3.05) is 12.3 Å². The third-order valence-corrected chi connectivity index (χ3v) is 7.45. The van der Waals surface area contributed by atoms with Gasteiger partial charge in [0.25, 0.3) is 5.91 Å². The molecule has 3 aliphatic carbocycles. The van der Waals surface area contributed by atoms with E-state index in [0.29, 0.717) is 24.9 Å². The van der Waals surface area contributed by atoms with Crippen LogP contribution in [0.3, 0.4) is 0 Å². The van der Waals surface area contributed by atoms with E-state index in [2.05, 4.69) is 32.1 Å². The van der Waals surface area contributed by atoms with Crippen molar-refractivity contribution >= 4 is 22.9 Å². The van der Waals surface area contributed by atoms with Gasteiger partial charge in [-0.2, -0.15) is 0 Å². The summed E-state index contributed by atoms with van der Waals surface area (Å²) in [6.45, 7) is 2.14. The molecule has 2 unspecified atom stereocenters. The molecule has 11 heteroatoms. The molecule has 4 atom stereocenters. The monoisotopic (exact) mass is 440 g/mol. The average molecular weight is 440 g/mol. The molecule has 6 N–H and O–H groups in total. The Morgan fingerprint density at radius 3 is 2.72 bits per heavy atom. The van der Waals surface area contributed by atoms with Gasteiger partial charge in [0.05, 0.1) is 6.33 Å². The van der Waals surface area contributed by atoms with E-state index in [9.17, 15) is 20.1 Å². The van der Waals surface area contributed by atoms with Crippen molar-refractivity contribution in [1.82, 2.24) is 24.8 Å². The molecule has 2 aromatic rings. The summed E-state index contributed by atoms with van der Waals surface area (Å²) < 4.78 is 7.63. The number of fused-ring (bicyclic) bond motifs is 4. The van der Waals surface area contributed by atoms with Crippen LogP contribution in [0.1, 0.15) is 51.3 Å². The summed E-state index contributed by atoms with van der Waals surface area (Å²) >= 11 is 0. The molecule has 0 bridgehead atoms. The van der Waals surface area contributed by atoms with Gasteiger partial charge in [0.1, 0.15) is 22.3 Å². The van der Waals surface area contributed by atoms with Crippen LogP contribution in [-0.2, 0) is 15.3 Å². The molecule has 11 nitrogen and oxygen atoms in total. The Labute approximate surface area is 183 Å². The predicted octanol–water partition coefficient (Wildman–Crippen LogP) is -1.11. The molecule has 3 saturated carbocycles. The second kappa shape index (κ2) is 5.77. The number of nitrogen functional groups attached to an aromatic ring is 1. The molecule has 0 spiro atoms. The van der Waals surface area contributed by atoms with Crippen LogP contribution in [0.2, 0.25) is 0 Å². The quantitative estimate of drug-likeness (QED) is 0.372. The smallest absolute Gasteiger partial charge is 0.255 e. The minimum Gasteiger partial charge on any atom is -0.383 e. The van der Waals surface area contributed by atoms with Gasteiger partial charge in [-0.1, -0.05) is 5.92 Å². The Morgan fingerprint density at radius 2 is 2.00 bits per heavy atom. The third kappa shape index (κ3) is 2.15. The van der Waals surface area contributed by atoms with E-state index >= 15 is 0 Å². The van der Waals surface area contributed by atoms with E-state index in [4.69, 9.17) is 10.5 Å². The minimum absolute atomic E-state index is 0.0170. The second-order valence-corrected chi connectivity index (χ2v) is 9.35. The number of carbonyl (C=O) groups excluding carboxylic acids is 1. The summed E-state index contributed by atoms with van der Waals surface area (Å²) in [5.74, 6) is 5.41.